The Labute approximate surface area is 123 Å². The fourth-order valence-electron chi connectivity index (χ4n) is 2.61. The molecule has 2 aliphatic heterocycles. The van der Waals surface area contributed by atoms with E-state index in [1.807, 2.05) is 0 Å². The second-order valence-corrected chi connectivity index (χ2v) is 6.87. The molecule has 0 bridgehead atoms. The fraction of sp³-hybridized carbons (Fsp3) is 0.600. The summed E-state index contributed by atoms with van der Waals surface area (Å²) in [4.78, 5) is 2.72. The Bertz CT molecular complexity index is 469. The van der Waals surface area contributed by atoms with E-state index in [0.717, 1.165) is 38.5 Å². The molecule has 0 saturated carbocycles. The molecule has 0 radical (unpaired) electrons. The third-order valence-electron chi connectivity index (χ3n) is 3.95. The summed E-state index contributed by atoms with van der Waals surface area (Å²) >= 11 is 3.72. The van der Waals surface area contributed by atoms with E-state index in [9.17, 15) is 0 Å². The van der Waals surface area contributed by atoms with Crippen molar-refractivity contribution in [1.82, 2.24) is 0 Å². The van der Waals surface area contributed by atoms with Gasteiger partial charge in [-0.05, 0) is 31.9 Å². The molecule has 0 N–H and O–H groups in total. The molecule has 0 amide bonds. The Morgan fingerprint density at radius 1 is 1.26 bits per heavy atom. The van der Waals surface area contributed by atoms with E-state index in [1.165, 1.54) is 11.3 Å². The lowest BCUT2D eigenvalue weighted by atomic mass is 9.94. The molecular formula is C15H20BrNO2. The van der Waals surface area contributed by atoms with Gasteiger partial charge in [0.05, 0.1) is 18.0 Å². The first-order valence-electron chi connectivity index (χ1n) is 6.85. The lowest BCUT2D eigenvalue weighted by Gasteiger charge is -2.38. The van der Waals surface area contributed by atoms with E-state index in [-0.39, 0.29) is 5.60 Å². The summed E-state index contributed by atoms with van der Waals surface area (Å²) in [7, 11) is 0. The van der Waals surface area contributed by atoms with Gasteiger partial charge in [0.25, 0.3) is 0 Å². The summed E-state index contributed by atoms with van der Waals surface area (Å²) in [5.41, 5.74) is 2.38. The molecular weight excluding hydrogens is 306 g/mol. The first-order valence-corrected chi connectivity index (χ1v) is 7.76. The van der Waals surface area contributed by atoms with Gasteiger partial charge < -0.3 is 14.4 Å². The number of hydrogen-bond donors (Lipinski definition) is 0. The van der Waals surface area contributed by atoms with Gasteiger partial charge in [-0.3, -0.25) is 0 Å². The standard InChI is InChI=1S/C15H20BrNO2/c1-15(2)14(16)9-11-3-4-12(10-13(11)19-15)17-5-7-18-8-6-17/h3-4,10,14H,5-9H2,1-2H3. The summed E-state index contributed by atoms with van der Waals surface area (Å²) in [6.07, 6.45) is 1.02. The maximum atomic E-state index is 6.16. The average molecular weight is 326 g/mol. The number of rotatable bonds is 1. The largest absolute Gasteiger partial charge is 0.486 e. The summed E-state index contributed by atoms with van der Waals surface area (Å²) in [6, 6.07) is 6.58. The van der Waals surface area contributed by atoms with Gasteiger partial charge in [-0.2, -0.15) is 0 Å². The molecule has 1 saturated heterocycles. The highest BCUT2D eigenvalue weighted by Gasteiger charge is 2.35. The zero-order valence-corrected chi connectivity index (χ0v) is 13.1. The third kappa shape index (κ3) is 2.61. The lowest BCUT2D eigenvalue weighted by molar-refractivity contribution is 0.0934. The van der Waals surface area contributed by atoms with Crippen LogP contribution in [0.2, 0.25) is 0 Å². The number of alkyl halides is 1. The summed E-state index contributed by atoms with van der Waals surface area (Å²) < 4.78 is 11.6. The zero-order chi connectivity index (χ0) is 13.5. The molecule has 3 rings (SSSR count). The van der Waals surface area contributed by atoms with Crippen molar-refractivity contribution < 1.29 is 9.47 Å². The van der Waals surface area contributed by atoms with Gasteiger partial charge in [0.1, 0.15) is 11.4 Å². The number of anilines is 1. The minimum atomic E-state index is -0.156. The second kappa shape index (κ2) is 4.98. The molecule has 19 heavy (non-hydrogen) atoms. The molecule has 1 atom stereocenters. The van der Waals surface area contributed by atoms with E-state index in [1.54, 1.807) is 0 Å². The molecule has 0 spiro atoms. The van der Waals surface area contributed by atoms with Crippen molar-refractivity contribution >= 4 is 21.6 Å². The van der Waals surface area contributed by atoms with Crippen LogP contribution in [0.25, 0.3) is 0 Å². The predicted octanol–water partition coefficient (Wildman–Crippen LogP) is 3.00. The third-order valence-corrected chi connectivity index (χ3v) is 5.38. The van der Waals surface area contributed by atoms with Gasteiger partial charge in [0.15, 0.2) is 0 Å². The Balaban J connectivity index is 1.87. The Hall–Kier alpha value is -0.740. The van der Waals surface area contributed by atoms with Gasteiger partial charge >= 0.3 is 0 Å². The fourth-order valence-corrected chi connectivity index (χ4v) is 3.05. The molecule has 1 aromatic carbocycles. The van der Waals surface area contributed by atoms with Crippen molar-refractivity contribution in [3.8, 4) is 5.75 Å². The number of morpholine rings is 1. The van der Waals surface area contributed by atoms with Crippen molar-refractivity contribution in [2.75, 3.05) is 31.2 Å². The number of hydrogen-bond acceptors (Lipinski definition) is 3. The highest BCUT2D eigenvalue weighted by molar-refractivity contribution is 9.09. The minimum absolute atomic E-state index is 0.156. The van der Waals surface area contributed by atoms with Crippen molar-refractivity contribution in [2.24, 2.45) is 0 Å². The molecule has 1 aromatic rings. The van der Waals surface area contributed by atoms with Crippen LogP contribution in [0.1, 0.15) is 19.4 Å². The summed E-state index contributed by atoms with van der Waals surface area (Å²) in [6.45, 7) is 7.82. The Morgan fingerprint density at radius 2 is 2.00 bits per heavy atom. The van der Waals surface area contributed by atoms with E-state index in [0.29, 0.717) is 4.83 Å². The quantitative estimate of drug-likeness (QED) is 0.741. The molecule has 104 valence electrons. The van der Waals surface area contributed by atoms with Gasteiger partial charge in [0, 0.05) is 24.8 Å². The maximum Gasteiger partial charge on any atom is 0.125 e. The molecule has 0 aromatic heterocycles. The van der Waals surface area contributed by atoms with Gasteiger partial charge in [-0.1, -0.05) is 22.0 Å². The number of nitrogens with zero attached hydrogens (tertiary/aromatic N) is 1. The van der Waals surface area contributed by atoms with E-state index in [2.05, 4.69) is 52.9 Å². The van der Waals surface area contributed by atoms with Crippen LogP contribution >= 0.6 is 15.9 Å². The van der Waals surface area contributed by atoms with E-state index < -0.39 is 0 Å². The maximum absolute atomic E-state index is 6.16. The average Bonchev–Trinajstić information content (AvgIpc) is 2.40. The van der Waals surface area contributed by atoms with Crippen LogP contribution in [0.4, 0.5) is 5.69 Å². The topological polar surface area (TPSA) is 21.7 Å². The second-order valence-electron chi connectivity index (χ2n) is 5.77. The van der Waals surface area contributed by atoms with E-state index >= 15 is 0 Å². The predicted molar refractivity (Wildman–Crippen MR) is 80.6 cm³/mol. The first kappa shape index (κ1) is 13.3. The van der Waals surface area contributed by atoms with Gasteiger partial charge in [-0.15, -0.1) is 0 Å². The summed E-state index contributed by atoms with van der Waals surface area (Å²) in [5, 5.41) is 0. The number of fused-ring (bicyclic) bond motifs is 1. The van der Waals surface area contributed by atoms with Gasteiger partial charge in [-0.25, -0.2) is 0 Å². The number of halogens is 1. The van der Waals surface area contributed by atoms with Gasteiger partial charge in [0.2, 0.25) is 0 Å². The zero-order valence-electron chi connectivity index (χ0n) is 11.5. The molecule has 2 heterocycles. The Kier molecular flexibility index (Phi) is 3.48. The first-order chi connectivity index (χ1) is 9.06. The highest BCUT2D eigenvalue weighted by Crippen LogP contribution is 2.38. The molecule has 1 unspecified atom stereocenters. The van der Waals surface area contributed by atoms with Crippen LogP contribution in [0.15, 0.2) is 18.2 Å². The molecule has 4 heteroatoms. The monoisotopic (exact) mass is 325 g/mol. The lowest BCUT2D eigenvalue weighted by Crippen LogP contribution is -2.43. The van der Waals surface area contributed by atoms with Crippen molar-refractivity contribution in [2.45, 2.75) is 30.7 Å². The van der Waals surface area contributed by atoms with E-state index in [4.69, 9.17) is 9.47 Å². The van der Waals surface area contributed by atoms with Crippen LogP contribution in [-0.2, 0) is 11.2 Å². The summed E-state index contributed by atoms with van der Waals surface area (Å²) in [5.74, 6) is 1.03. The van der Waals surface area contributed by atoms with Crippen molar-refractivity contribution in [3.63, 3.8) is 0 Å². The number of benzene rings is 1. The smallest absolute Gasteiger partial charge is 0.125 e. The van der Waals surface area contributed by atoms with Crippen LogP contribution in [-0.4, -0.2) is 36.7 Å². The Morgan fingerprint density at radius 3 is 2.74 bits per heavy atom. The molecule has 1 fully saturated rings. The van der Waals surface area contributed by atoms with Crippen molar-refractivity contribution in [3.05, 3.63) is 23.8 Å². The normalized spacial score (nSPS) is 25.6. The molecule has 3 nitrogen and oxygen atoms in total. The van der Waals surface area contributed by atoms with Crippen LogP contribution in [0.5, 0.6) is 5.75 Å². The highest BCUT2D eigenvalue weighted by atomic mass is 79.9. The molecule has 2 aliphatic rings. The van der Waals surface area contributed by atoms with Crippen molar-refractivity contribution in [1.29, 1.82) is 0 Å². The van der Waals surface area contributed by atoms with Crippen LogP contribution in [0.3, 0.4) is 0 Å². The molecule has 0 aliphatic carbocycles. The van der Waals surface area contributed by atoms with Crippen LogP contribution in [0, 0.1) is 0 Å². The van der Waals surface area contributed by atoms with Crippen LogP contribution < -0.4 is 9.64 Å². The SMILES string of the molecule is CC1(C)Oc2cc(N3CCOCC3)ccc2CC1Br. The number of ether oxygens (including phenoxy) is 2. The minimum Gasteiger partial charge on any atom is -0.486 e.